The zero-order valence-electron chi connectivity index (χ0n) is 11.4. The molecule has 1 aliphatic carbocycles. The van der Waals surface area contributed by atoms with Crippen LogP contribution in [-0.4, -0.2) is 25.2 Å². The lowest BCUT2D eigenvalue weighted by Crippen LogP contribution is -2.41. The molecule has 0 bridgehead atoms. The summed E-state index contributed by atoms with van der Waals surface area (Å²) >= 11 is 1.72. The highest BCUT2D eigenvalue weighted by atomic mass is 32.1. The monoisotopic (exact) mass is 279 g/mol. The molecule has 0 aromatic carbocycles. The van der Waals surface area contributed by atoms with E-state index in [0.717, 1.165) is 6.54 Å². The maximum Gasteiger partial charge on any atom is 0.329 e. The van der Waals surface area contributed by atoms with Gasteiger partial charge in [-0.1, -0.05) is 12.8 Å². The smallest absolute Gasteiger partial charge is 0.329 e. The average molecular weight is 279 g/mol. The lowest BCUT2D eigenvalue weighted by Gasteiger charge is -2.29. The molecule has 0 radical (unpaired) electrons. The third-order valence-corrected chi connectivity index (χ3v) is 5.36. The minimum Gasteiger partial charge on any atom is -0.464 e. The topological polar surface area (TPSA) is 29.5 Å². The van der Waals surface area contributed by atoms with Gasteiger partial charge in [-0.2, -0.15) is 0 Å². The summed E-state index contributed by atoms with van der Waals surface area (Å²) in [5, 5.41) is 3.30. The number of carbonyl (C=O) groups is 1. The summed E-state index contributed by atoms with van der Waals surface area (Å²) in [7, 11) is 0. The van der Waals surface area contributed by atoms with E-state index in [0.29, 0.717) is 18.4 Å². The van der Waals surface area contributed by atoms with Crippen LogP contribution in [0.1, 0.15) is 32.6 Å². The normalized spacial score (nSPS) is 30.2. The number of thiophene rings is 1. The van der Waals surface area contributed by atoms with Crippen molar-refractivity contribution in [3.63, 3.8) is 0 Å². The van der Waals surface area contributed by atoms with E-state index in [-0.39, 0.29) is 12.0 Å². The Kier molecular flexibility index (Phi) is 3.78. The molecule has 3 nitrogen and oxygen atoms in total. The molecule has 104 valence electrons. The molecule has 3 atom stereocenters. The Hall–Kier alpha value is -1.03. The maximum atomic E-state index is 12.3. The van der Waals surface area contributed by atoms with Crippen molar-refractivity contribution in [2.24, 2.45) is 11.8 Å². The Morgan fingerprint density at radius 2 is 2.32 bits per heavy atom. The summed E-state index contributed by atoms with van der Waals surface area (Å²) in [6, 6.07) is 4.13. The zero-order chi connectivity index (χ0) is 13.2. The van der Waals surface area contributed by atoms with Crippen molar-refractivity contribution in [1.82, 2.24) is 0 Å². The van der Waals surface area contributed by atoms with E-state index >= 15 is 0 Å². The fourth-order valence-corrected chi connectivity index (χ4v) is 4.44. The number of hydrogen-bond acceptors (Lipinski definition) is 4. The summed E-state index contributed by atoms with van der Waals surface area (Å²) in [4.78, 5) is 14.6. The minimum absolute atomic E-state index is 0.0229. The van der Waals surface area contributed by atoms with Gasteiger partial charge in [-0.05, 0) is 49.1 Å². The van der Waals surface area contributed by atoms with Crippen LogP contribution < -0.4 is 4.90 Å². The number of rotatable bonds is 3. The molecule has 1 saturated heterocycles. The van der Waals surface area contributed by atoms with Gasteiger partial charge in [0.1, 0.15) is 6.04 Å². The van der Waals surface area contributed by atoms with Crippen molar-refractivity contribution in [3.05, 3.63) is 17.5 Å². The summed E-state index contributed by atoms with van der Waals surface area (Å²) in [6.07, 6.45) is 5.02. The van der Waals surface area contributed by atoms with Gasteiger partial charge in [0, 0.05) is 6.54 Å². The predicted molar refractivity (Wildman–Crippen MR) is 77.5 cm³/mol. The number of hydrogen-bond donors (Lipinski definition) is 0. The lowest BCUT2D eigenvalue weighted by molar-refractivity contribution is -0.145. The number of nitrogens with zero attached hydrogens (tertiary/aromatic N) is 1. The Balaban J connectivity index is 1.86. The largest absolute Gasteiger partial charge is 0.464 e. The van der Waals surface area contributed by atoms with E-state index in [4.69, 9.17) is 4.74 Å². The van der Waals surface area contributed by atoms with Gasteiger partial charge in [0.05, 0.1) is 11.6 Å². The van der Waals surface area contributed by atoms with Crippen molar-refractivity contribution >= 4 is 22.3 Å². The standard InChI is InChI=1S/C15H21NO2S/c1-2-18-15(17)14-12-7-4-3-6-11(12)10-16(14)13-8-5-9-19-13/h5,8-9,11-12,14H,2-4,6-7,10H2,1H3/t11-,12-,14+/m0/s1. The third kappa shape index (κ3) is 2.38. The molecule has 0 amide bonds. The van der Waals surface area contributed by atoms with Crippen molar-refractivity contribution < 1.29 is 9.53 Å². The number of fused-ring (bicyclic) bond motifs is 1. The molecule has 2 fully saturated rings. The minimum atomic E-state index is -0.0519. The highest BCUT2D eigenvalue weighted by Gasteiger charge is 2.47. The molecule has 2 aliphatic rings. The van der Waals surface area contributed by atoms with Gasteiger partial charge in [-0.3, -0.25) is 0 Å². The Bertz CT molecular complexity index is 431. The first-order valence-corrected chi connectivity index (χ1v) is 8.16. The highest BCUT2D eigenvalue weighted by Crippen LogP contribution is 2.43. The predicted octanol–water partition coefficient (Wildman–Crippen LogP) is 3.31. The Labute approximate surface area is 118 Å². The fourth-order valence-electron chi connectivity index (χ4n) is 3.67. The van der Waals surface area contributed by atoms with Crippen LogP contribution in [0.4, 0.5) is 5.00 Å². The molecule has 1 aromatic rings. The summed E-state index contributed by atoms with van der Waals surface area (Å²) in [5.41, 5.74) is 0. The van der Waals surface area contributed by atoms with Crippen LogP contribution in [0, 0.1) is 11.8 Å². The molecule has 0 N–H and O–H groups in total. The number of carbonyl (C=O) groups excluding carboxylic acids is 1. The highest BCUT2D eigenvalue weighted by molar-refractivity contribution is 7.14. The first-order valence-electron chi connectivity index (χ1n) is 7.28. The number of esters is 1. The second-order valence-corrected chi connectivity index (χ2v) is 6.44. The van der Waals surface area contributed by atoms with E-state index < -0.39 is 0 Å². The molecule has 4 heteroatoms. The van der Waals surface area contributed by atoms with Crippen LogP contribution in [0.3, 0.4) is 0 Å². The van der Waals surface area contributed by atoms with Crippen LogP contribution in [-0.2, 0) is 9.53 Å². The van der Waals surface area contributed by atoms with Crippen LogP contribution in [0.5, 0.6) is 0 Å². The van der Waals surface area contributed by atoms with Crippen LogP contribution >= 0.6 is 11.3 Å². The maximum absolute atomic E-state index is 12.3. The number of ether oxygens (including phenoxy) is 1. The van der Waals surface area contributed by atoms with Gasteiger partial charge in [0.25, 0.3) is 0 Å². The van der Waals surface area contributed by atoms with Gasteiger partial charge < -0.3 is 9.64 Å². The molecule has 0 spiro atoms. The van der Waals surface area contributed by atoms with Crippen molar-refractivity contribution in [2.45, 2.75) is 38.6 Å². The first-order chi connectivity index (χ1) is 9.31. The van der Waals surface area contributed by atoms with Crippen molar-refractivity contribution in [2.75, 3.05) is 18.1 Å². The average Bonchev–Trinajstić information content (AvgIpc) is 3.06. The molecule has 1 saturated carbocycles. The third-order valence-electron chi connectivity index (χ3n) is 4.46. The number of anilines is 1. The molecular formula is C15H21NO2S. The summed E-state index contributed by atoms with van der Waals surface area (Å²) in [6.45, 7) is 3.39. The zero-order valence-corrected chi connectivity index (χ0v) is 12.2. The summed E-state index contributed by atoms with van der Waals surface area (Å²) < 4.78 is 5.33. The van der Waals surface area contributed by atoms with Crippen LogP contribution in [0.2, 0.25) is 0 Å². The van der Waals surface area contributed by atoms with E-state index in [1.54, 1.807) is 11.3 Å². The van der Waals surface area contributed by atoms with Crippen LogP contribution in [0.25, 0.3) is 0 Å². The SMILES string of the molecule is CCOC(=O)[C@H]1[C@H]2CCCC[C@H]2CN1c1cccs1. The second kappa shape index (κ2) is 5.53. The van der Waals surface area contributed by atoms with Gasteiger partial charge in [0.2, 0.25) is 0 Å². The molecule has 19 heavy (non-hydrogen) atoms. The quantitative estimate of drug-likeness (QED) is 0.795. The van der Waals surface area contributed by atoms with E-state index in [9.17, 15) is 4.79 Å². The lowest BCUT2D eigenvalue weighted by atomic mass is 9.78. The van der Waals surface area contributed by atoms with Gasteiger partial charge in [-0.15, -0.1) is 11.3 Å². The molecule has 0 unspecified atom stereocenters. The molecule has 1 aliphatic heterocycles. The Morgan fingerprint density at radius 3 is 3.05 bits per heavy atom. The Morgan fingerprint density at radius 1 is 1.47 bits per heavy atom. The molecular weight excluding hydrogens is 258 g/mol. The van der Waals surface area contributed by atoms with E-state index in [1.807, 2.05) is 6.92 Å². The van der Waals surface area contributed by atoms with E-state index in [1.165, 1.54) is 30.7 Å². The van der Waals surface area contributed by atoms with Crippen LogP contribution in [0.15, 0.2) is 17.5 Å². The summed E-state index contributed by atoms with van der Waals surface area (Å²) in [5.74, 6) is 1.14. The molecule has 1 aromatic heterocycles. The van der Waals surface area contributed by atoms with Crippen molar-refractivity contribution in [3.8, 4) is 0 Å². The molecule has 2 heterocycles. The second-order valence-electron chi connectivity index (χ2n) is 5.51. The van der Waals surface area contributed by atoms with E-state index in [2.05, 4.69) is 22.4 Å². The fraction of sp³-hybridized carbons (Fsp3) is 0.667. The van der Waals surface area contributed by atoms with Gasteiger partial charge in [-0.25, -0.2) is 4.79 Å². The van der Waals surface area contributed by atoms with Crippen molar-refractivity contribution in [1.29, 1.82) is 0 Å². The first kappa shape index (κ1) is 13.0. The van der Waals surface area contributed by atoms with Gasteiger partial charge >= 0.3 is 5.97 Å². The van der Waals surface area contributed by atoms with Gasteiger partial charge in [0.15, 0.2) is 0 Å². The molecule has 3 rings (SSSR count).